The second-order valence-electron chi connectivity index (χ2n) is 5.73. The van der Waals surface area contributed by atoms with E-state index < -0.39 is 34.7 Å². The average molecular weight is 372 g/mol. The topological polar surface area (TPSA) is 104 Å². The minimum absolute atomic E-state index is 0.0364. The van der Waals surface area contributed by atoms with Gasteiger partial charge in [-0.1, -0.05) is 41.9 Å². The molecule has 0 spiro atoms. The molecule has 1 amide bonds. The molecule has 130 valence electrons. The van der Waals surface area contributed by atoms with Crippen molar-refractivity contribution in [2.75, 3.05) is 4.90 Å². The van der Waals surface area contributed by atoms with Crippen LogP contribution in [0.2, 0.25) is 5.02 Å². The van der Waals surface area contributed by atoms with Gasteiger partial charge in [-0.3, -0.25) is 14.5 Å². The molecule has 1 fully saturated rings. The van der Waals surface area contributed by atoms with Gasteiger partial charge < -0.3 is 14.9 Å². The van der Waals surface area contributed by atoms with Gasteiger partial charge in [-0.15, -0.1) is 0 Å². The molecule has 2 aliphatic heterocycles. The molecule has 26 heavy (non-hydrogen) atoms. The molecular weight excluding hydrogens is 362 g/mol. The van der Waals surface area contributed by atoms with E-state index in [0.29, 0.717) is 4.90 Å². The molecule has 2 heterocycles. The number of ketones is 1. The van der Waals surface area contributed by atoms with E-state index in [1.54, 1.807) is 18.2 Å². The Morgan fingerprint density at radius 2 is 1.77 bits per heavy atom. The van der Waals surface area contributed by atoms with Gasteiger partial charge in [0.15, 0.2) is 5.75 Å². The van der Waals surface area contributed by atoms with Crippen molar-refractivity contribution in [3.05, 3.63) is 64.7 Å². The van der Waals surface area contributed by atoms with Crippen LogP contribution in [0.1, 0.15) is 5.56 Å². The molecule has 0 saturated carbocycles. The lowest BCUT2D eigenvalue weighted by Gasteiger charge is -2.36. The second-order valence-corrected chi connectivity index (χ2v) is 6.17. The number of nitrogens with zero attached hydrogens (tertiary/aromatic N) is 1. The van der Waals surface area contributed by atoms with Crippen molar-refractivity contribution in [1.29, 1.82) is 0 Å². The van der Waals surface area contributed by atoms with Crippen molar-refractivity contribution in [2.24, 2.45) is 0 Å². The Morgan fingerprint density at radius 1 is 1.08 bits per heavy atom. The first kappa shape index (κ1) is 16.3. The molecule has 1 atom stereocenters. The smallest absolute Gasteiger partial charge is 0.371 e. The lowest BCUT2D eigenvalue weighted by atomic mass is 9.97. The number of aliphatic hydroxyl groups is 2. The van der Waals surface area contributed by atoms with Gasteiger partial charge in [0.1, 0.15) is 11.3 Å². The Labute approximate surface area is 151 Å². The molecule has 4 rings (SSSR count). The van der Waals surface area contributed by atoms with Crippen LogP contribution in [0.3, 0.4) is 0 Å². The average Bonchev–Trinajstić information content (AvgIpc) is 2.84. The van der Waals surface area contributed by atoms with Crippen molar-refractivity contribution in [1.82, 2.24) is 0 Å². The fourth-order valence-corrected chi connectivity index (χ4v) is 3.20. The van der Waals surface area contributed by atoms with Gasteiger partial charge in [0.05, 0.1) is 5.69 Å². The Balaban J connectivity index is 2.00. The number of Topliss-reactive ketones (excluding diaryl/α,β-unsaturated/α-hetero) is 1. The molecule has 1 saturated heterocycles. The third-order valence-electron chi connectivity index (χ3n) is 4.23. The number of halogens is 1. The summed E-state index contributed by atoms with van der Waals surface area (Å²) in [5.41, 5.74) is -3.44. The highest BCUT2D eigenvalue weighted by Gasteiger charge is 2.65. The first-order valence-corrected chi connectivity index (χ1v) is 7.85. The lowest BCUT2D eigenvalue weighted by Crippen LogP contribution is -2.57. The molecule has 1 unspecified atom stereocenters. The van der Waals surface area contributed by atoms with E-state index in [9.17, 15) is 24.6 Å². The summed E-state index contributed by atoms with van der Waals surface area (Å²) in [5, 5.41) is 21.7. The predicted octanol–water partition coefficient (Wildman–Crippen LogP) is 1.83. The minimum atomic E-state index is -2.79. The molecule has 0 aromatic heterocycles. The number of hydrogen-bond acceptors (Lipinski definition) is 6. The Kier molecular flexibility index (Phi) is 3.40. The van der Waals surface area contributed by atoms with Gasteiger partial charge in [-0.05, 0) is 18.2 Å². The van der Waals surface area contributed by atoms with Gasteiger partial charge in [0, 0.05) is 10.6 Å². The molecule has 2 N–H and O–H groups in total. The summed E-state index contributed by atoms with van der Waals surface area (Å²) in [6.07, 6.45) is 0. The fourth-order valence-electron chi connectivity index (χ4n) is 3.04. The Hall–Kier alpha value is -3.16. The van der Waals surface area contributed by atoms with Crippen LogP contribution in [0, 0.1) is 0 Å². The maximum atomic E-state index is 12.5. The molecule has 0 radical (unpaired) electrons. The molecule has 0 aliphatic carbocycles. The number of ether oxygens (including phenoxy) is 1. The van der Waals surface area contributed by atoms with E-state index >= 15 is 0 Å². The third kappa shape index (κ3) is 2.01. The van der Waals surface area contributed by atoms with Crippen LogP contribution >= 0.6 is 11.6 Å². The number of anilines is 1. The Bertz CT molecular complexity index is 1020. The molecule has 8 heteroatoms. The van der Waals surface area contributed by atoms with E-state index in [4.69, 9.17) is 16.3 Å². The zero-order valence-corrected chi connectivity index (χ0v) is 13.7. The summed E-state index contributed by atoms with van der Waals surface area (Å²) in [7, 11) is 0. The summed E-state index contributed by atoms with van der Waals surface area (Å²) >= 11 is 5.92. The molecule has 2 aromatic carbocycles. The van der Waals surface area contributed by atoms with Gasteiger partial charge in [0.25, 0.3) is 11.5 Å². The molecule has 2 aliphatic rings. The number of rotatable bonds is 1. The van der Waals surface area contributed by atoms with Crippen LogP contribution in [-0.2, 0) is 14.4 Å². The molecule has 0 bridgehead atoms. The molecule has 2 aromatic rings. The standard InChI is InChI=1S/C18H10ClNO6/c19-10-6-7-12-11(8-10)20-16(23)15(22)13(18(20,25)17(24)26-12)14(21)9-4-2-1-3-5-9/h1-8,21,25H/b14-13-. The number of hydrogen-bond donors (Lipinski definition) is 2. The highest BCUT2D eigenvalue weighted by atomic mass is 35.5. The number of fused-ring (bicyclic) bond motifs is 3. The zero-order chi connectivity index (χ0) is 18.6. The number of carbonyl (C=O) groups is 3. The lowest BCUT2D eigenvalue weighted by molar-refractivity contribution is -0.153. The van der Waals surface area contributed by atoms with Crippen LogP contribution in [0.4, 0.5) is 5.69 Å². The fraction of sp³-hybridized carbons (Fsp3) is 0.0556. The van der Waals surface area contributed by atoms with Gasteiger partial charge in [-0.25, -0.2) is 4.79 Å². The van der Waals surface area contributed by atoms with Crippen LogP contribution in [0.5, 0.6) is 5.75 Å². The Morgan fingerprint density at radius 3 is 2.46 bits per heavy atom. The van der Waals surface area contributed by atoms with Crippen molar-refractivity contribution in [3.8, 4) is 5.75 Å². The maximum Gasteiger partial charge on any atom is 0.371 e. The third-order valence-corrected chi connectivity index (χ3v) is 4.46. The van der Waals surface area contributed by atoms with E-state index in [1.165, 1.54) is 30.3 Å². The maximum absolute atomic E-state index is 12.5. The number of carbonyl (C=O) groups excluding carboxylic acids is 3. The van der Waals surface area contributed by atoms with Crippen LogP contribution in [-0.4, -0.2) is 33.6 Å². The number of amides is 1. The van der Waals surface area contributed by atoms with E-state index in [2.05, 4.69) is 0 Å². The second kappa shape index (κ2) is 5.42. The van der Waals surface area contributed by atoms with Gasteiger partial charge in [-0.2, -0.15) is 0 Å². The largest absolute Gasteiger partial charge is 0.507 e. The highest BCUT2D eigenvalue weighted by Crippen LogP contribution is 2.47. The zero-order valence-electron chi connectivity index (χ0n) is 13.0. The summed E-state index contributed by atoms with van der Waals surface area (Å²) < 4.78 is 5.08. The predicted molar refractivity (Wildman–Crippen MR) is 90.5 cm³/mol. The van der Waals surface area contributed by atoms with Crippen molar-refractivity contribution < 1.29 is 29.3 Å². The minimum Gasteiger partial charge on any atom is -0.507 e. The number of benzene rings is 2. The van der Waals surface area contributed by atoms with Crippen LogP contribution in [0.25, 0.3) is 5.76 Å². The quantitative estimate of drug-likeness (QED) is 0.260. The van der Waals surface area contributed by atoms with Gasteiger partial charge >= 0.3 is 11.9 Å². The van der Waals surface area contributed by atoms with Crippen LogP contribution < -0.4 is 9.64 Å². The summed E-state index contributed by atoms with van der Waals surface area (Å²) in [4.78, 5) is 38.1. The monoisotopic (exact) mass is 371 g/mol. The number of aliphatic hydroxyl groups excluding tert-OH is 1. The molecular formula is C18H10ClNO6. The highest BCUT2D eigenvalue weighted by molar-refractivity contribution is 6.54. The van der Waals surface area contributed by atoms with Crippen molar-refractivity contribution in [3.63, 3.8) is 0 Å². The normalized spacial score (nSPS) is 23.5. The van der Waals surface area contributed by atoms with Crippen LogP contribution in [0.15, 0.2) is 54.1 Å². The van der Waals surface area contributed by atoms with Gasteiger partial charge in [0.2, 0.25) is 0 Å². The van der Waals surface area contributed by atoms with Crippen molar-refractivity contribution >= 4 is 40.7 Å². The summed E-state index contributed by atoms with van der Waals surface area (Å²) in [6.45, 7) is 0. The SMILES string of the molecule is O=C1C(=O)N2c3cc(Cl)ccc3OC(=O)C2(O)/C1=C(\O)c1ccccc1. The van der Waals surface area contributed by atoms with Crippen molar-refractivity contribution in [2.45, 2.75) is 5.72 Å². The summed E-state index contributed by atoms with van der Waals surface area (Å²) in [6, 6.07) is 11.8. The van der Waals surface area contributed by atoms with E-state index in [0.717, 1.165) is 0 Å². The van der Waals surface area contributed by atoms with E-state index in [-0.39, 0.29) is 22.0 Å². The van der Waals surface area contributed by atoms with E-state index in [1.807, 2.05) is 0 Å². The summed E-state index contributed by atoms with van der Waals surface area (Å²) in [5.74, 6) is -4.38. The molecule has 7 nitrogen and oxygen atoms in total. The first-order chi connectivity index (χ1) is 12.4. The first-order valence-electron chi connectivity index (χ1n) is 7.48. The number of esters is 1.